The summed E-state index contributed by atoms with van der Waals surface area (Å²) < 4.78 is 0. The molecule has 0 unspecified atom stereocenters. The first-order chi connectivity index (χ1) is 17.2. The zero-order chi connectivity index (χ0) is 23.8. The van der Waals surface area contributed by atoms with Gasteiger partial charge >= 0.3 is 0 Å². The highest BCUT2D eigenvalue weighted by molar-refractivity contribution is 6.13. The minimum absolute atomic E-state index is 0.959. The molecular formula is C33H26N2. The van der Waals surface area contributed by atoms with E-state index in [0.29, 0.717) is 0 Å². The van der Waals surface area contributed by atoms with Crippen LogP contribution in [0.4, 0.5) is 11.4 Å². The Hall–Kier alpha value is -4.43. The van der Waals surface area contributed by atoms with Gasteiger partial charge in [-0.2, -0.15) is 0 Å². The van der Waals surface area contributed by atoms with Gasteiger partial charge in [0.05, 0.1) is 11.4 Å². The molecular weight excluding hydrogens is 424 g/mol. The molecule has 1 N–H and O–H groups in total. The number of allylic oxidation sites excluding steroid dienone is 2. The summed E-state index contributed by atoms with van der Waals surface area (Å²) >= 11 is 0. The van der Waals surface area contributed by atoms with E-state index >= 15 is 0 Å². The number of fused-ring (bicyclic) bond motifs is 4. The molecule has 6 aromatic carbocycles. The lowest BCUT2D eigenvalue weighted by Crippen LogP contribution is -2.00. The molecule has 0 aliphatic rings. The molecule has 35 heavy (non-hydrogen) atoms. The molecule has 0 saturated carbocycles. The highest BCUT2D eigenvalue weighted by atomic mass is 14.9. The predicted molar refractivity (Wildman–Crippen MR) is 153 cm³/mol. The van der Waals surface area contributed by atoms with Crippen LogP contribution in [-0.4, -0.2) is 5.71 Å². The first-order valence-corrected chi connectivity index (χ1v) is 12.0. The minimum Gasteiger partial charge on any atom is -0.358 e. The van der Waals surface area contributed by atoms with Crippen LogP contribution in [0.5, 0.6) is 0 Å². The van der Waals surface area contributed by atoms with E-state index < -0.39 is 0 Å². The molecule has 6 rings (SSSR count). The Kier molecular flexibility index (Phi) is 5.27. The Morgan fingerprint density at radius 1 is 0.571 bits per heavy atom. The molecule has 168 valence electrons. The molecule has 0 atom stereocenters. The predicted octanol–water partition coefficient (Wildman–Crippen LogP) is 9.41. The molecule has 0 fully saturated rings. The van der Waals surface area contributed by atoms with Gasteiger partial charge in [0.25, 0.3) is 0 Å². The fourth-order valence-corrected chi connectivity index (χ4v) is 5.01. The summed E-state index contributed by atoms with van der Waals surface area (Å²) in [5.74, 6) is 0. The molecule has 0 aliphatic carbocycles. The van der Waals surface area contributed by atoms with Gasteiger partial charge in [-0.25, -0.2) is 0 Å². The molecule has 6 aromatic rings. The standard InChI is InChI=1S/C33H26N2/c1-22(34-32-28-15-7-3-11-24(28)20-25-12-4-8-16-29(25)32)19-23(2)35-33-30-17-9-5-13-26(30)21-27-14-6-10-18-31(27)33/h3-21,34H,1-2H3/b22-19-,35-23?. The number of nitrogens with zero attached hydrogens (tertiary/aromatic N) is 1. The topological polar surface area (TPSA) is 24.4 Å². The fourth-order valence-electron chi connectivity index (χ4n) is 5.01. The third kappa shape index (κ3) is 3.94. The number of hydrogen-bond acceptors (Lipinski definition) is 2. The number of rotatable bonds is 4. The van der Waals surface area contributed by atoms with Gasteiger partial charge in [-0.05, 0) is 53.6 Å². The SMILES string of the molecule is CC(/C=C(/C)Nc1c2ccccc2cc2ccccc12)=Nc1c2ccccc2cc2ccccc12. The third-order valence-corrected chi connectivity index (χ3v) is 6.55. The summed E-state index contributed by atoms with van der Waals surface area (Å²) in [4.78, 5) is 5.12. The van der Waals surface area contributed by atoms with Crippen LogP contribution in [0.1, 0.15) is 13.8 Å². The average molecular weight is 451 g/mol. The van der Waals surface area contributed by atoms with Crippen LogP contribution < -0.4 is 5.32 Å². The second-order valence-corrected chi connectivity index (χ2v) is 9.07. The van der Waals surface area contributed by atoms with Gasteiger partial charge in [-0.15, -0.1) is 0 Å². The number of nitrogens with one attached hydrogen (secondary N) is 1. The van der Waals surface area contributed by atoms with Crippen LogP contribution in [0, 0.1) is 0 Å². The van der Waals surface area contributed by atoms with E-state index in [-0.39, 0.29) is 0 Å². The maximum absolute atomic E-state index is 5.12. The molecule has 0 aromatic heterocycles. The largest absolute Gasteiger partial charge is 0.358 e. The molecule has 2 heteroatoms. The number of benzene rings is 6. The second-order valence-electron chi connectivity index (χ2n) is 9.07. The summed E-state index contributed by atoms with van der Waals surface area (Å²) in [6.07, 6.45) is 2.13. The van der Waals surface area contributed by atoms with Gasteiger partial charge in [0.15, 0.2) is 0 Å². The highest BCUT2D eigenvalue weighted by Gasteiger charge is 2.09. The van der Waals surface area contributed by atoms with E-state index in [1.165, 1.54) is 43.1 Å². The Balaban J connectivity index is 1.45. The van der Waals surface area contributed by atoms with E-state index in [4.69, 9.17) is 4.99 Å². The van der Waals surface area contributed by atoms with Crippen molar-refractivity contribution in [1.82, 2.24) is 0 Å². The van der Waals surface area contributed by atoms with Crippen molar-refractivity contribution in [3.05, 3.63) is 121 Å². The Morgan fingerprint density at radius 2 is 0.971 bits per heavy atom. The third-order valence-electron chi connectivity index (χ3n) is 6.55. The fraction of sp³-hybridized carbons (Fsp3) is 0.0606. The molecule has 0 bridgehead atoms. The quantitative estimate of drug-likeness (QED) is 0.210. The van der Waals surface area contributed by atoms with Crippen molar-refractivity contribution in [2.75, 3.05) is 5.32 Å². The van der Waals surface area contributed by atoms with Crippen molar-refractivity contribution in [3.8, 4) is 0 Å². The van der Waals surface area contributed by atoms with Gasteiger partial charge < -0.3 is 5.32 Å². The maximum Gasteiger partial charge on any atom is 0.0789 e. The summed E-state index contributed by atoms with van der Waals surface area (Å²) in [6, 6.07) is 38.5. The van der Waals surface area contributed by atoms with Crippen LogP contribution >= 0.6 is 0 Å². The van der Waals surface area contributed by atoms with Gasteiger partial charge in [0, 0.05) is 33.0 Å². The summed E-state index contributed by atoms with van der Waals surface area (Å²) in [5, 5.41) is 13.3. The van der Waals surface area contributed by atoms with Crippen LogP contribution in [0.3, 0.4) is 0 Å². The van der Waals surface area contributed by atoms with Crippen molar-refractivity contribution in [1.29, 1.82) is 0 Å². The van der Waals surface area contributed by atoms with Crippen LogP contribution in [0.15, 0.2) is 126 Å². The van der Waals surface area contributed by atoms with E-state index in [2.05, 4.69) is 134 Å². The zero-order valence-electron chi connectivity index (χ0n) is 19.9. The molecule has 0 saturated heterocycles. The normalized spacial score (nSPS) is 12.6. The Bertz CT molecular complexity index is 1680. The summed E-state index contributed by atoms with van der Waals surface area (Å²) in [6.45, 7) is 4.18. The lowest BCUT2D eigenvalue weighted by Gasteiger charge is -2.14. The molecule has 2 nitrogen and oxygen atoms in total. The van der Waals surface area contributed by atoms with Crippen molar-refractivity contribution in [3.63, 3.8) is 0 Å². The first-order valence-electron chi connectivity index (χ1n) is 12.0. The number of aliphatic imine (C=N–C) groups is 1. The van der Waals surface area contributed by atoms with Gasteiger partial charge in [-0.3, -0.25) is 4.99 Å². The van der Waals surface area contributed by atoms with Crippen molar-refractivity contribution in [2.24, 2.45) is 4.99 Å². The van der Waals surface area contributed by atoms with Gasteiger partial charge in [0.1, 0.15) is 0 Å². The van der Waals surface area contributed by atoms with Crippen molar-refractivity contribution < 1.29 is 0 Å². The van der Waals surface area contributed by atoms with Crippen LogP contribution in [0.25, 0.3) is 43.1 Å². The second kappa shape index (κ2) is 8.73. The summed E-state index contributed by atoms with van der Waals surface area (Å²) in [5.41, 5.74) is 4.17. The Morgan fingerprint density at radius 3 is 1.46 bits per heavy atom. The lowest BCUT2D eigenvalue weighted by molar-refractivity contribution is 1.40. The van der Waals surface area contributed by atoms with Gasteiger partial charge in [0.2, 0.25) is 0 Å². The number of anilines is 1. The van der Waals surface area contributed by atoms with Crippen LogP contribution in [0.2, 0.25) is 0 Å². The van der Waals surface area contributed by atoms with E-state index in [1.54, 1.807) is 0 Å². The average Bonchev–Trinajstić information content (AvgIpc) is 2.88. The summed E-state index contributed by atoms with van der Waals surface area (Å²) in [7, 11) is 0. The van der Waals surface area contributed by atoms with Crippen molar-refractivity contribution >= 4 is 60.2 Å². The molecule has 0 radical (unpaired) electrons. The van der Waals surface area contributed by atoms with Crippen molar-refractivity contribution in [2.45, 2.75) is 13.8 Å². The minimum atomic E-state index is 0.959. The maximum atomic E-state index is 5.12. The zero-order valence-corrected chi connectivity index (χ0v) is 19.9. The van der Waals surface area contributed by atoms with E-state index in [9.17, 15) is 0 Å². The van der Waals surface area contributed by atoms with E-state index in [1.807, 2.05) is 0 Å². The smallest absolute Gasteiger partial charge is 0.0789 e. The molecule has 0 amide bonds. The number of hydrogen-bond donors (Lipinski definition) is 1. The van der Waals surface area contributed by atoms with E-state index in [0.717, 1.165) is 22.8 Å². The lowest BCUT2D eigenvalue weighted by atomic mass is 10.0. The highest BCUT2D eigenvalue weighted by Crippen LogP contribution is 2.36. The monoisotopic (exact) mass is 450 g/mol. The first kappa shape index (κ1) is 21.1. The van der Waals surface area contributed by atoms with Crippen LogP contribution in [-0.2, 0) is 0 Å². The van der Waals surface area contributed by atoms with Gasteiger partial charge in [-0.1, -0.05) is 97.1 Å². The molecule has 0 aliphatic heterocycles. The Labute approximate surface area is 205 Å². The molecule has 0 spiro atoms. The molecule has 0 heterocycles.